The van der Waals surface area contributed by atoms with Crippen LogP contribution in [0.25, 0.3) is 0 Å². The van der Waals surface area contributed by atoms with Gasteiger partial charge in [-0.15, -0.1) is 0 Å². The van der Waals surface area contributed by atoms with Crippen LogP contribution in [-0.4, -0.2) is 11.5 Å². The molecule has 116 valence electrons. The number of hydrogen-bond donors (Lipinski definition) is 0. The number of allylic oxidation sites excluding steroid dienone is 5. The van der Waals surface area contributed by atoms with Crippen LogP contribution in [0.4, 0.5) is 0 Å². The second-order valence-corrected chi connectivity index (χ2v) is 7.04. The lowest BCUT2D eigenvalue weighted by molar-refractivity contribution is 0.896. The maximum absolute atomic E-state index is 2.42. The molecule has 0 atom stereocenters. The second kappa shape index (κ2) is 13.5. The highest BCUT2D eigenvalue weighted by molar-refractivity contribution is 7.99. The van der Waals surface area contributed by atoms with E-state index in [-0.39, 0.29) is 0 Å². The zero-order valence-electron chi connectivity index (χ0n) is 14.3. The minimum atomic E-state index is 1.19. The molecule has 0 rings (SSSR count). The molecule has 0 unspecified atom stereocenters. The quantitative estimate of drug-likeness (QED) is 0.294. The minimum Gasteiger partial charge on any atom is -0.158 e. The summed E-state index contributed by atoms with van der Waals surface area (Å²) in [6.45, 7) is 11.1. The van der Waals surface area contributed by atoms with Gasteiger partial charge in [-0.1, -0.05) is 48.3 Å². The van der Waals surface area contributed by atoms with Gasteiger partial charge in [0.15, 0.2) is 0 Å². The molecule has 0 aromatic rings. The Hall–Kier alpha value is -0.430. The normalized spacial score (nSPS) is 12.7. The Labute approximate surface area is 131 Å². The van der Waals surface area contributed by atoms with Gasteiger partial charge in [-0.05, 0) is 65.6 Å². The van der Waals surface area contributed by atoms with Crippen molar-refractivity contribution < 1.29 is 0 Å². The second-order valence-electron chi connectivity index (χ2n) is 5.89. The molecule has 0 bridgehead atoms. The van der Waals surface area contributed by atoms with Crippen molar-refractivity contribution in [2.75, 3.05) is 11.5 Å². The number of thioether (sulfide) groups is 1. The predicted octanol–water partition coefficient (Wildman–Crippen LogP) is 6.94. The van der Waals surface area contributed by atoms with Crippen LogP contribution in [0, 0.1) is 0 Å². The summed E-state index contributed by atoms with van der Waals surface area (Å²) in [5, 5.41) is 0. The van der Waals surface area contributed by atoms with Crippen molar-refractivity contribution in [3.05, 3.63) is 34.9 Å². The number of rotatable bonds is 11. The van der Waals surface area contributed by atoms with Gasteiger partial charge in [0.1, 0.15) is 0 Å². The highest BCUT2D eigenvalue weighted by Crippen LogP contribution is 2.12. The van der Waals surface area contributed by atoms with Crippen molar-refractivity contribution in [1.29, 1.82) is 0 Å². The van der Waals surface area contributed by atoms with E-state index in [1.54, 1.807) is 5.57 Å². The van der Waals surface area contributed by atoms with Gasteiger partial charge in [0.25, 0.3) is 0 Å². The largest absolute Gasteiger partial charge is 0.158 e. The Morgan fingerprint density at radius 3 is 2.05 bits per heavy atom. The van der Waals surface area contributed by atoms with Crippen LogP contribution < -0.4 is 0 Å². The fraction of sp³-hybridized carbons (Fsp3) is 0.684. The standard InChI is InChI=1S/C19H34S/c1-6-7-15-20-16-14-19(5)13-9-12-18(4)11-8-10-17(2)3/h10,12,14H,6-9,11,13,15-16H2,1-5H3/b18-12+,19-14+. The molecule has 0 aliphatic rings. The molecule has 0 aromatic carbocycles. The fourth-order valence-corrected chi connectivity index (χ4v) is 2.93. The van der Waals surface area contributed by atoms with Gasteiger partial charge in [0.2, 0.25) is 0 Å². The highest BCUT2D eigenvalue weighted by Gasteiger charge is 1.92. The van der Waals surface area contributed by atoms with Crippen LogP contribution in [0.3, 0.4) is 0 Å². The van der Waals surface area contributed by atoms with Crippen molar-refractivity contribution in [2.45, 2.75) is 73.1 Å². The molecule has 0 heterocycles. The van der Waals surface area contributed by atoms with Crippen molar-refractivity contribution in [3.63, 3.8) is 0 Å². The molecule has 0 spiro atoms. The first-order chi connectivity index (χ1) is 9.56. The summed E-state index contributed by atoms with van der Waals surface area (Å²) < 4.78 is 0. The van der Waals surface area contributed by atoms with Gasteiger partial charge in [0, 0.05) is 5.75 Å². The highest BCUT2D eigenvalue weighted by atomic mass is 32.2. The molecule has 0 nitrogen and oxygen atoms in total. The SMILES string of the molecule is CCCCSC/C=C(\C)CC/C=C(\C)CCC=C(C)C. The van der Waals surface area contributed by atoms with Crippen LogP contribution in [0.1, 0.15) is 73.1 Å². The molecule has 0 saturated heterocycles. The lowest BCUT2D eigenvalue weighted by Gasteiger charge is -2.02. The van der Waals surface area contributed by atoms with E-state index in [1.807, 2.05) is 0 Å². The number of hydrogen-bond acceptors (Lipinski definition) is 1. The molecule has 0 aromatic heterocycles. The third-order valence-electron chi connectivity index (χ3n) is 3.31. The van der Waals surface area contributed by atoms with Gasteiger partial charge < -0.3 is 0 Å². The molecule has 1 heteroatoms. The summed E-state index contributed by atoms with van der Waals surface area (Å²) >= 11 is 2.06. The summed E-state index contributed by atoms with van der Waals surface area (Å²) in [5.74, 6) is 2.50. The molecule has 0 fully saturated rings. The smallest absolute Gasteiger partial charge is 0.0115 e. The lowest BCUT2D eigenvalue weighted by atomic mass is 10.1. The Bertz CT molecular complexity index is 317. The first kappa shape index (κ1) is 19.6. The Balaban J connectivity index is 3.74. The molecular weight excluding hydrogens is 260 g/mol. The maximum Gasteiger partial charge on any atom is 0.0115 e. The third-order valence-corrected chi connectivity index (χ3v) is 4.29. The van der Waals surface area contributed by atoms with Crippen LogP contribution in [0.5, 0.6) is 0 Å². The van der Waals surface area contributed by atoms with Crippen LogP contribution >= 0.6 is 11.8 Å². The summed E-state index contributed by atoms with van der Waals surface area (Å²) in [6, 6.07) is 0. The first-order valence-electron chi connectivity index (χ1n) is 8.08. The van der Waals surface area contributed by atoms with Crippen LogP contribution in [0.15, 0.2) is 34.9 Å². The third kappa shape index (κ3) is 14.0. The van der Waals surface area contributed by atoms with Gasteiger partial charge >= 0.3 is 0 Å². The summed E-state index contributed by atoms with van der Waals surface area (Å²) in [5.41, 5.74) is 4.51. The van der Waals surface area contributed by atoms with Gasteiger partial charge in [0.05, 0.1) is 0 Å². The molecule has 0 saturated carbocycles. The van der Waals surface area contributed by atoms with Gasteiger partial charge in [-0.25, -0.2) is 0 Å². The Kier molecular flexibility index (Phi) is 13.3. The zero-order valence-corrected chi connectivity index (χ0v) is 15.1. The summed E-state index contributed by atoms with van der Waals surface area (Å²) in [7, 11) is 0. The molecular formula is C19H34S. The van der Waals surface area contributed by atoms with Crippen molar-refractivity contribution >= 4 is 11.8 Å². The molecule has 0 aliphatic carbocycles. The monoisotopic (exact) mass is 294 g/mol. The summed E-state index contributed by atoms with van der Waals surface area (Å²) in [4.78, 5) is 0. The van der Waals surface area contributed by atoms with Crippen molar-refractivity contribution in [1.82, 2.24) is 0 Å². The van der Waals surface area contributed by atoms with E-state index < -0.39 is 0 Å². The average Bonchev–Trinajstić information content (AvgIpc) is 2.38. The molecule has 20 heavy (non-hydrogen) atoms. The van der Waals surface area contributed by atoms with E-state index >= 15 is 0 Å². The van der Waals surface area contributed by atoms with E-state index in [0.717, 1.165) is 0 Å². The zero-order chi connectivity index (χ0) is 15.2. The van der Waals surface area contributed by atoms with E-state index in [0.29, 0.717) is 0 Å². The Morgan fingerprint density at radius 1 is 0.850 bits per heavy atom. The summed E-state index contributed by atoms with van der Waals surface area (Å²) in [6.07, 6.45) is 14.6. The molecule has 0 radical (unpaired) electrons. The van der Waals surface area contributed by atoms with E-state index in [4.69, 9.17) is 0 Å². The minimum absolute atomic E-state index is 1.19. The van der Waals surface area contributed by atoms with E-state index in [9.17, 15) is 0 Å². The van der Waals surface area contributed by atoms with Crippen LogP contribution in [0.2, 0.25) is 0 Å². The lowest BCUT2D eigenvalue weighted by Crippen LogP contribution is -1.83. The van der Waals surface area contributed by atoms with E-state index in [2.05, 4.69) is 64.6 Å². The van der Waals surface area contributed by atoms with Crippen LogP contribution in [-0.2, 0) is 0 Å². The maximum atomic E-state index is 2.42. The molecule has 0 aliphatic heterocycles. The average molecular weight is 295 g/mol. The first-order valence-corrected chi connectivity index (χ1v) is 9.24. The van der Waals surface area contributed by atoms with Crippen molar-refractivity contribution in [2.24, 2.45) is 0 Å². The molecule has 0 N–H and O–H groups in total. The number of unbranched alkanes of at least 4 members (excludes halogenated alkanes) is 1. The Morgan fingerprint density at radius 2 is 1.45 bits per heavy atom. The van der Waals surface area contributed by atoms with Crippen molar-refractivity contribution in [3.8, 4) is 0 Å². The van der Waals surface area contributed by atoms with E-state index in [1.165, 1.54) is 61.2 Å². The van der Waals surface area contributed by atoms with Gasteiger partial charge in [-0.2, -0.15) is 11.8 Å². The fourth-order valence-electron chi connectivity index (χ4n) is 1.87. The predicted molar refractivity (Wildman–Crippen MR) is 97.6 cm³/mol. The molecule has 0 amide bonds. The topological polar surface area (TPSA) is 0 Å². The van der Waals surface area contributed by atoms with Gasteiger partial charge in [-0.3, -0.25) is 0 Å².